The van der Waals surface area contributed by atoms with Crippen LogP contribution in [0.4, 0.5) is 0 Å². The summed E-state index contributed by atoms with van der Waals surface area (Å²) in [5.41, 5.74) is 0.948. The number of aliphatic hydroxyl groups is 1. The molecule has 0 radical (unpaired) electrons. The van der Waals surface area contributed by atoms with E-state index in [2.05, 4.69) is 30.3 Å². The maximum atomic E-state index is 9.55. The van der Waals surface area contributed by atoms with Gasteiger partial charge in [-0.3, -0.25) is 0 Å². The van der Waals surface area contributed by atoms with Crippen LogP contribution in [0.25, 0.3) is 0 Å². The zero-order chi connectivity index (χ0) is 11.9. The molecule has 1 rings (SSSR count). The maximum Gasteiger partial charge on any atom is 0.0591 e. The zero-order valence-electron chi connectivity index (χ0n) is 10.6. The monoisotopic (exact) mass is 220 g/mol. The number of hydrogen-bond acceptors (Lipinski definition) is 1. The standard InChI is InChI=1S/C15H24O/c1-15(2,16)13-9-4-3-6-10-14-11-7-5-8-12-14/h5,7-8,11-12,16H,3-4,6,9-10,13H2,1-2H3. The highest BCUT2D eigenvalue weighted by Gasteiger charge is 2.10. The molecule has 0 atom stereocenters. The fourth-order valence-electron chi connectivity index (χ4n) is 1.88. The third-order valence-corrected chi connectivity index (χ3v) is 2.85. The summed E-state index contributed by atoms with van der Waals surface area (Å²) in [6.45, 7) is 3.77. The number of hydrogen-bond donors (Lipinski definition) is 1. The third-order valence-electron chi connectivity index (χ3n) is 2.85. The van der Waals surface area contributed by atoms with Crippen molar-refractivity contribution in [3.05, 3.63) is 35.9 Å². The van der Waals surface area contributed by atoms with Crippen molar-refractivity contribution >= 4 is 0 Å². The molecule has 1 aromatic carbocycles. The van der Waals surface area contributed by atoms with Gasteiger partial charge in [0.2, 0.25) is 0 Å². The molecule has 16 heavy (non-hydrogen) atoms. The largest absolute Gasteiger partial charge is 0.390 e. The van der Waals surface area contributed by atoms with Crippen LogP contribution < -0.4 is 0 Å². The van der Waals surface area contributed by atoms with E-state index in [1.807, 2.05) is 13.8 Å². The van der Waals surface area contributed by atoms with Crippen LogP contribution in [0.3, 0.4) is 0 Å². The summed E-state index contributed by atoms with van der Waals surface area (Å²) in [6, 6.07) is 10.6. The lowest BCUT2D eigenvalue weighted by Crippen LogP contribution is -2.17. The summed E-state index contributed by atoms with van der Waals surface area (Å²) < 4.78 is 0. The van der Waals surface area contributed by atoms with Gasteiger partial charge in [-0.15, -0.1) is 0 Å². The molecule has 1 nitrogen and oxygen atoms in total. The Hall–Kier alpha value is -0.820. The first-order valence-electron chi connectivity index (χ1n) is 6.34. The van der Waals surface area contributed by atoms with E-state index in [1.54, 1.807) is 0 Å². The second-order valence-corrected chi connectivity index (χ2v) is 5.21. The molecule has 0 saturated carbocycles. The van der Waals surface area contributed by atoms with Crippen LogP contribution in [-0.4, -0.2) is 10.7 Å². The number of rotatable bonds is 7. The predicted octanol–water partition coefficient (Wildman–Crippen LogP) is 3.95. The van der Waals surface area contributed by atoms with Crippen molar-refractivity contribution in [2.24, 2.45) is 0 Å². The van der Waals surface area contributed by atoms with E-state index < -0.39 is 5.60 Å². The minimum Gasteiger partial charge on any atom is -0.390 e. The zero-order valence-corrected chi connectivity index (χ0v) is 10.6. The molecule has 0 spiro atoms. The lowest BCUT2D eigenvalue weighted by molar-refractivity contribution is 0.0680. The lowest BCUT2D eigenvalue weighted by Gasteiger charge is -2.16. The fraction of sp³-hybridized carbons (Fsp3) is 0.600. The first-order valence-corrected chi connectivity index (χ1v) is 6.34. The van der Waals surface area contributed by atoms with E-state index >= 15 is 0 Å². The van der Waals surface area contributed by atoms with E-state index in [-0.39, 0.29) is 0 Å². The third kappa shape index (κ3) is 6.62. The molecule has 0 unspecified atom stereocenters. The summed E-state index contributed by atoms with van der Waals surface area (Å²) in [5, 5.41) is 9.55. The van der Waals surface area contributed by atoms with Crippen LogP contribution >= 0.6 is 0 Å². The van der Waals surface area contributed by atoms with E-state index in [1.165, 1.54) is 31.2 Å². The molecule has 0 aliphatic rings. The molecule has 0 amide bonds. The molecule has 1 N–H and O–H groups in total. The van der Waals surface area contributed by atoms with Crippen molar-refractivity contribution in [2.75, 3.05) is 0 Å². The Kier molecular flexibility index (Phi) is 5.54. The molecule has 0 fully saturated rings. The molecule has 1 aromatic rings. The van der Waals surface area contributed by atoms with Gasteiger partial charge in [-0.05, 0) is 38.7 Å². The van der Waals surface area contributed by atoms with E-state index in [0.29, 0.717) is 0 Å². The maximum absolute atomic E-state index is 9.55. The van der Waals surface area contributed by atoms with Crippen molar-refractivity contribution in [2.45, 2.75) is 58.0 Å². The molecule has 90 valence electrons. The van der Waals surface area contributed by atoms with Crippen LogP contribution in [0.2, 0.25) is 0 Å². The normalized spacial score (nSPS) is 11.7. The summed E-state index contributed by atoms with van der Waals surface area (Å²) in [5.74, 6) is 0. The van der Waals surface area contributed by atoms with Crippen molar-refractivity contribution in [3.8, 4) is 0 Å². The highest BCUT2D eigenvalue weighted by Crippen LogP contribution is 2.14. The molecule has 0 aliphatic carbocycles. The van der Waals surface area contributed by atoms with Gasteiger partial charge >= 0.3 is 0 Å². The van der Waals surface area contributed by atoms with Crippen LogP contribution in [0.1, 0.15) is 51.5 Å². The molecule has 0 aromatic heterocycles. The smallest absolute Gasteiger partial charge is 0.0591 e. The fourth-order valence-corrected chi connectivity index (χ4v) is 1.88. The summed E-state index contributed by atoms with van der Waals surface area (Å²) in [6.07, 6.45) is 7.00. The Labute approximate surface area is 99.5 Å². The van der Waals surface area contributed by atoms with Gasteiger partial charge in [-0.2, -0.15) is 0 Å². The first-order chi connectivity index (χ1) is 7.58. The van der Waals surface area contributed by atoms with Gasteiger partial charge in [0, 0.05) is 0 Å². The van der Waals surface area contributed by atoms with Crippen molar-refractivity contribution in [1.82, 2.24) is 0 Å². The molecular formula is C15H24O. The van der Waals surface area contributed by atoms with Crippen molar-refractivity contribution in [1.29, 1.82) is 0 Å². The number of unbranched alkanes of at least 4 members (excludes halogenated alkanes) is 3. The summed E-state index contributed by atoms with van der Waals surface area (Å²) in [7, 11) is 0. The van der Waals surface area contributed by atoms with Crippen LogP contribution in [0, 0.1) is 0 Å². The average Bonchev–Trinajstić information content (AvgIpc) is 2.23. The van der Waals surface area contributed by atoms with Gasteiger partial charge < -0.3 is 5.11 Å². The second kappa shape index (κ2) is 6.70. The second-order valence-electron chi connectivity index (χ2n) is 5.21. The molecule has 0 saturated heterocycles. The van der Waals surface area contributed by atoms with E-state index in [4.69, 9.17) is 0 Å². The molecule has 0 heterocycles. The Bertz CT molecular complexity index is 271. The van der Waals surface area contributed by atoms with Gasteiger partial charge in [0.05, 0.1) is 5.60 Å². The first kappa shape index (κ1) is 13.2. The van der Waals surface area contributed by atoms with E-state index in [0.717, 1.165) is 12.8 Å². The topological polar surface area (TPSA) is 20.2 Å². The molecular weight excluding hydrogens is 196 g/mol. The molecule has 0 bridgehead atoms. The lowest BCUT2D eigenvalue weighted by atomic mass is 9.99. The van der Waals surface area contributed by atoms with Crippen LogP contribution in [0.5, 0.6) is 0 Å². The number of aryl methyl sites for hydroxylation is 1. The highest BCUT2D eigenvalue weighted by atomic mass is 16.3. The van der Waals surface area contributed by atoms with Crippen LogP contribution in [0.15, 0.2) is 30.3 Å². The highest BCUT2D eigenvalue weighted by molar-refractivity contribution is 5.14. The minimum absolute atomic E-state index is 0.487. The Morgan fingerprint density at radius 2 is 1.56 bits per heavy atom. The van der Waals surface area contributed by atoms with Crippen molar-refractivity contribution in [3.63, 3.8) is 0 Å². The van der Waals surface area contributed by atoms with Gasteiger partial charge in [0.25, 0.3) is 0 Å². The van der Waals surface area contributed by atoms with Crippen molar-refractivity contribution < 1.29 is 5.11 Å². The van der Waals surface area contributed by atoms with Crippen LogP contribution in [-0.2, 0) is 6.42 Å². The van der Waals surface area contributed by atoms with Gasteiger partial charge in [-0.1, -0.05) is 49.6 Å². The number of benzene rings is 1. The Morgan fingerprint density at radius 1 is 0.938 bits per heavy atom. The minimum atomic E-state index is -0.487. The summed E-state index contributed by atoms with van der Waals surface area (Å²) >= 11 is 0. The predicted molar refractivity (Wildman–Crippen MR) is 69.5 cm³/mol. The average molecular weight is 220 g/mol. The van der Waals surface area contributed by atoms with Gasteiger partial charge in [-0.25, -0.2) is 0 Å². The van der Waals surface area contributed by atoms with Gasteiger partial charge in [0.1, 0.15) is 0 Å². The quantitative estimate of drug-likeness (QED) is 0.690. The summed E-state index contributed by atoms with van der Waals surface area (Å²) in [4.78, 5) is 0. The molecule has 0 aliphatic heterocycles. The SMILES string of the molecule is CC(C)(O)CCCCCCc1ccccc1. The van der Waals surface area contributed by atoms with E-state index in [9.17, 15) is 5.11 Å². The molecule has 1 heteroatoms. The van der Waals surface area contributed by atoms with Gasteiger partial charge in [0.15, 0.2) is 0 Å². The Morgan fingerprint density at radius 3 is 2.19 bits per heavy atom. The Balaban J connectivity index is 2.01.